The zero-order valence-corrected chi connectivity index (χ0v) is 15.4. The Balaban J connectivity index is 1.94. The van der Waals surface area contributed by atoms with Gasteiger partial charge >= 0.3 is 6.18 Å². The highest BCUT2D eigenvalue weighted by atomic mass is 127. The molecule has 1 amide bonds. The van der Waals surface area contributed by atoms with E-state index in [1.807, 2.05) is 22.6 Å². The first-order valence-corrected chi connectivity index (χ1v) is 8.76. The second kappa shape index (κ2) is 6.52. The van der Waals surface area contributed by atoms with Gasteiger partial charge in [-0.15, -0.1) is 0 Å². The van der Waals surface area contributed by atoms with Gasteiger partial charge in [0.25, 0.3) is 5.91 Å². The van der Waals surface area contributed by atoms with E-state index in [9.17, 15) is 18.0 Å². The molecule has 3 rings (SSSR count). The van der Waals surface area contributed by atoms with Gasteiger partial charge in [0.15, 0.2) is 8.09 Å². The van der Waals surface area contributed by atoms with E-state index in [2.05, 4.69) is 0 Å². The summed E-state index contributed by atoms with van der Waals surface area (Å²) in [5.74, 6) is -0.000301. The maximum atomic E-state index is 12.8. The van der Waals surface area contributed by atoms with Crippen molar-refractivity contribution in [1.29, 1.82) is 0 Å². The van der Waals surface area contributed by atoms with E-state index < -0.39 is 17.6 Å². The number of halogens is 4. The Morgan fingerprint density at radius 1 is 1.25 bits per heavy atom. The van der Waals surface area contributed by atoms with Crippen molar-refractivity contribution in [2.45, 2.75) is 6.18 Å². The summed E-state index contributed by atoms with van der Waals surface area (Å²) < 4.78 is 44.7. The van der Waals surface area contributed by atoms with Gasteiger partial charge in [-0.1, -0.05) is 30.0 Å². The van der Waals surface area contributed by atoms with Crippen molar-refractivity contribution in [2.24, 2.45) is 0 Å². The third-order valence-corrected chi connectivity index (χ3v) is 4.97. The van der Waals surface area contributed by atoms with Crippen molar-refractivity contribution in [1.82, 2.24) is 0 Å². The van der Waals surface area contributed by atoms with Crippen LogP contribution in [0.5, 0.6) is 0 Å². The number of benzene rings is 1. The number of anilines is 1. The van der Waals surface area contributed by atoms with E-state index in [0.29, 0.717) is 14.4 Å². The van der Waals surface area contributed by atoms with Gasteiger partial charge in [0.05, 0.1) is 16.2 Å². The summed E-state index contributed by atoms with van der Waals surface area (Å²) >= 11 is 8.16. The molecule has 1 saturated heterocycles. The number of rotatable bonds is 2. The van der Waals surface area contributed by atoms with Gasteiger partial charge in [0, 0.05) is 6.08 Å². The molecule has 0 N–H and O–H groups in total. The summed E-state index contributed by atoms with van der Waals surface area (Å²) in [4.78, 5) is 13.9. The molecule has 24 heavy (non-hydrogen) atoms. The maximum Gasteiger partial charge on any atom is 0.416 e. The van der Waals surface area contributed by atoms with E-state index in [1.165, 1.54) is 18.2 Å². The van der Waals surface area contributed by atoms with Crippen molar-refractivity contribution in [2.75, 3.05) is 4.90 Å². The predicted molar refractivity (Wildman–Crippen MR) is 98.5 cm³/mol. The number of nitrogens with zero attached hydrogens (tertiary/aromatic N) is 1. The quantitative estimate of drug-likeness (QED) is 0.331. The van der Waals surface area contributed by atoms with Crippen LogP contribution in [-0.2, 0) is 11.0 Å². The molecule has 1 fully saturated rings. The van der Waals surface area contributed by atoms with Crippen LogP contribution in [0.4, 0.5) is 18.9 Å². The van der Waals surface area contributed by atoms with Crippen LogP contribution in [0.1, 0.15) is 11.3 Å². The Kier molecular flexibility index (Phi) is 4.76. The van der Waals surface area contributed by atoms with Crippen LogP contribution in [0.2, 0.25) is 0 Å². The lowest BCUT2D eigenvalue weighted by atomic mass is 10.2. The molecule has 3 nitrogen and oxygen atoms in total. The fraction of sp³-hybridized carbons (Fsp3) is 0.0667. The number of thioether (sulfide) groups is 1. The van der Waals surface area contributed by atoms with Crippen LogP contribution in [-0.4, -0.2) is 10.2 Å². The van der Waals surface area contributed by atoms with Crippen LogP contribution in [0, 0.1) is 3.77 Å². The van der Waals surface area contributed by atoms with E-state index in [4.69, 9.17) is 16.6 Å². The third-order valence-electron chi connectivity index (χ3n) is 3.09. The Morgan fingerprint density at radius 2 is 2.00 bits per heavy atom. The number of hydrogen-bond donors (Lipinski definition) is 0. The second-order valence-corrected chi connectivity index (χ2v) is 7.45. The average molecular weight is 481 g/mol. The molecule has 1 aliphatic heterocycles. The summed E-state index contributed by atoms with van der Waals surface area (Å²) in [5.41, 5.74) is -0.747. The normalized spacial score (nSPS) is 17.2. The van der Waals surface area contributed by atoms with Crippen molar-refractivity contribution in [3.63, 3.8) is 0 Å². The standard InChI is InChI=1S/C15H7F3INO2S2/c16-15(17,18)8-2-1-3-9(6-8)20-13(21)11(24-14(20)23)7-10-4-5-12(19)22-10/h1-7H. The lowest BCUT2D eigenvalue weighted by Gasteiger charge is -2.16. The minimum absolute atomic E-state index is 0.0877. The lowest BCUT2D eigenvalue weighted by Crippen LogP contribution is -2.27. The fourth-order valence-corrected chi connectivity index (χ4v) is 3.76. The molecule has 0 bridgehead atoms. The molecule has 2 aromatic rings. The van der Waals surface area contributed by atoms with E-state index in [1.54, 1.807) is 12.1 Å². The van der Waals surface area contributed by atoms with Gasteiger partial charge < -0.3 is 4.42 Å². The van der Waals surface area contributed by atoms with Crippen molar-refractivity contribution < 1.29 is 22.4 Å². The Bertz CT molecular complexity index is 860. The second-order valence-electron chi connectivity index (χ2n) is 4.71. The molecule has 0 aliphatic carbocycles. The molecule has 0 unspecified atom stereocenters. The molecular weight excluding hydrogens is 474 g/mol. The SMILES string of the molecule is O=C1C(=Cc2ccc(I)o2)SC(=S)N1c1cccc(C(F)(F)F)c1. The molecule has 1 aliphatic rings. The first kappa shape index (κ1) is 17.5. The molecule has 2 heterocycles. The summed E-state index contributed by atoms with van der Waals surface area (Å²) in [7, 11) is 0. The number of furan rings is 1. The van der Waals surface area contributed by atoms with Gasteiger partial charge in [-0.3, -0.25) is 9.69 Å². The maximum absolute atomic E-state index is 12.8. The summed E-state index contributed by atoms with van der Waals surface area (Å²) in [6.07, 6.45) is -2.97. The van der Waals surface area contributed by atoms with Gasteiger partial charge in [-0.2, -0.15) is 13.2 Å². The smallest absolute Gasteiger partial charge is 0.416 e. The minimum atomic E-state index is -4.49. The van der Waals surface area contributed by atoms with E-state index in [-0.39, 0.29) is 10.0 Å². The Labute approximate surface area is 158 Å². The van der Waals surface area contributed by atoms with Gasteiger partial charge in [-0.05, 0) is 52.9 Å². The van der Waals surface area contributed by atoms with Crippen LogP contribution in [0.15, 0.2) is 45.7 Å². The summed E-state index contributed by atoms with van der Waals surface area (Å²) in [6, 6.07) is 7.94. The highest BCUT2D eigenvalue weighted by Crippen LogP contribution is 2.38. The predicted octanol–water partition coefficient (Wildman–Crippen LogP) is 5.31. The highest BCUT2D eigenvalue weighted by Gasteiger charge is 2.36. The molecule has 0 saturated carbocycles. The van der Waals surface area contributed by atoms with Crippen molar-refractivity contribution in [3.8, 4) is 0 Å². The molecule has 1 aromatic carbocycles. The van der Waals surface area contributed by atoms with Crippen LogP contribution in [0.3, 0.4) is 0 Å². The molecule has 0 spiro atoms. The molecule has 9 heteroatoms. The fourth-order valence-electron chi connectivity index (χ4n) is 2.05. The number of carbonyl (C=O) groups is 1. The number of thiocarbonyl (C=S) groups is 1. The molecule has 0 atom stereocenters. The highest BCUT2D eigenvalue weighted by molar-refractivity contribution is 14.1. The number of amides is 1. The Morgan fingerprint density at radius 3 is 2.62 bits per heavy atom. The molecular formula is C15H7F3INO2S2. The molecule has 0 radical (unpaired) electrons. The van der Waals surface area contributed by atoms with Crippen LogP contribution < -0.4 is 4.90 Å². The first-order chi connectivity index (χ1) is 11.3. The van der Waals surface area contributed by atoms with Gasteiger partial charge in [-0.25, -0.2) is 0 Å². The zero-order valence-electron chi connectivity index (χ0n) is 11.6. The number of hydrogen-bond acceptors (Lipinski definition) is 4. The lowest BCUT2D eigenvalue weighted by molar-refractivity contribution is -0.137. The van der Waals surface area contributed by atoms with E-state index in [0.717, 1.165) is 28.8 Å². The van der Waals surface area contributed by atoms with Crippen molar-refractivity contribution >= 4 is 68.6 Å². The first-order valence-electron chi connectivity index (χ1n) is 6.46. The third kappa shape index (κ3) is 3.52. The topological polar surface area (TPSA) is 33.5 Å². The van der Waals surface area contributed by atoms with E-state index >= 15 is 0 Å². The monoisotopic (exact) mass is 481 g/mol. The average Bonchev–Trinajstić information content (AvgIpc) is 3.02. The zero-order chi connectivity index (χ0) is 17.5. The molecule has 1 aromatic heterocycles. The van der Waals surface area contributed by atoms with Gasteiger partial charge in [0.2, 0.25) is 0 Å². The minimum Gasteiger partial charge on any atom is -0.451 e. The summed E-state index contributed by atoms with van der Waals surface area (Å²) in [6.45, 7) is 0. The summed E-state index contributed by atoms with van der Waals surface area (Å²) in [5, 5.41) is 0. The van der Waals surface area contributed by atoms with Crippen LogP contribution in [0.25, 0.3) is 6.08 Å². The molecule has 124 valence electrons. The Hall–Kier alpha value is -1.33. The van der Waals surface area contributed by atoms with Crippen LogP contribution >= 0.6 is 46.6 Å². The number of carbonyl (C=O) groups excluding carboxylic acids is 1. The van der Waals surface area contributed by atoms with Gasteiger partial charge in [0.1, 0.15) is 5.76 Å². The number of alkyl halides is 3. The largest absolute Gasteiger partial charge is 0.451 e. The van der Waals surface area contributed by atoms with Crippen molar-refractivity contribution in [3.05, 3.63) is 56.4 Å².